The molecule has 0 aliphatic carbocycles. The summed E-state index contributed by atoms with van der Waals surface area (Å²) in [6.45, 7) is -1.02. The Bertz CT molecular complexity index is 1760. The molecule has 6 heterocycles. The van der Waals surface area contributed by atoms with Gasteiger partial charge in [-0.1, -0.05) is 0 Å². The van der Waals surface area contributed by atoms with Crippen molar-refractivity contribution in [2.24, 2.45) is 0 Å². The molecule has 2 aliphatic heterocycles. The van der Waals surface area contributed by atoms with Crippen LogP contribution in [0, 0.1) is 0 Å². The summed E-state index contributed by atoms with van der Waals surface area (Å²) >= 11 is 0. The van der Waals surface area contributed by atoms with Crippen molar-refractivity contribution in [2.45, 2.75) is 55.1 Å². The summed E-state index contributed by atoms with van der Waals surface area (Å²) in [7, 11) is -3.33. The van der Waals surface area contributed by atoms with Crippen LogP contribution in [0.25, 0.3) is 22.3 Å². The van der Waals surface area contributed by atoms with Gasteiger partial charge in [-0.05, 0) is 0 Å². The van der Waals surface area contributed by atoms with Crippen LogP contribution >= 0.6 is 7.60 Å². The number of H-pyrrole nitrogens is 1. The molecular weight excluding hydrogens is 609 g/mol. The highest BCUT2D eigenvalue weighted by Crippen LogP contribution is 2.57. The van der Waals surface area contributed by atoms with Gasteiger partial charge in [0.1, 0.15) is 48.0 Å². The minimum absolute atomic E-state index is 0.103. The minimum Gasteiger partial charge on any atom is -0.394 e. The van der Waals surface area contributed by atoms with Crippen molar-refractivity contribution in [3.8, 4) is 0 Å². The summed E-state index contributed by atoms with van der Waals surface area (Å²) in [5.74, 6) is -0.259. The average Bonchev–Trinajstić information content (AvgIpc) is 3.75. The number of hydrogen-bond donors (Lipinski definition) is 7. The molecule has 6 rings (SSSR count). The number of hydrogen-bond acceptors (Lipinski definition) is 16. The van der Waals surface area contributed by atoms with Crippen molar-refractivity contribution in [2.75, 3.05) is 32.7 Å². The molecule has 2 saturated heterocycles. The number of aromatic amines is 1. The number of methoxy groups -OCH3 is 1. The summed E-state index contributed by atoms with van der Waals surface area (Å²) in [6.07, 6.45) is -5.81. The third-order valence-electron chi connectivity index (χ3n) is 7.63. The largest absolute Gasteiger partial charge is 0.394 e. The Morgan fingerprint density at radius 1 is 1.00 bits per heavy atom. The molecule has 4 aromatic rings. The molecule has 238 valence electrons. The van der Waals surface area contributed by atoms with Gasteiger partial charge < -0.3 is 49.8 Å². The van der Waals surface area contributed by atoms with Gasteiger partial charge in [-0.25, -0.2) is 19.9 Å². The van der Waals surface area contributed by atoms with E-state index in [1.807, 2.05) is 0 Å². The topological polar surface area (TPSA) is 288 Å². The van der Waals surface area contributed by atoms with Crippen LogP contribution in [-0.4, -0.2) is 127 Å². The third-order valence-corrected chi connectivity index (χ3v) is 9.46. The van der Waals surface area contributed by atoms with E-state index in [0.29, 0.717) is 29.9 Å². The van der Waals surface area contributed by atoms with Crippen molar-refractivity contribution in [1.29, 1.82) is 0 Å². The Hall–Kier alpha value is -3.43. The van der Waals surface area contributed by atoms with E-state index in [9.17, 15) is 34.7 Å². The lowest BCUT2D eigenvalue weighted by atomic mass is 10.1. The number of aliphatic hydroxyl groups is 4. The predicted molar refractivity (Wildman–Crippen MR) is 146 cm³/mol. The Morgan fingerprint density at radius 3 is 2.43 bits per heavy atom. The molecule has 0 aromatic carbocycles. The maximum atomic E-state index is 13.6. The second kappa shape index (κ2) is 11.8. The lowest BCUT2D eigenvalue weighted by molar-refractivity contribution is -0.0496. The first-order valence-corrected chi connectivity index (χ1v) is 15.0. The number of fused-ring (bicyclic) bond motifs is 2. The Kier molecular flexibility index (Phi) is 8.22. The molecule has 1 unspecified atom stereocenters. The van der Waals surface area contributed by atoms with Gasteiger partial charge in [0, 0.05) is 13.5 Å². The first-order chi connectivity index (χ1) is 21.1. The highest BCUT2D eigenvalue weighted by atomic mass is 31.2. The standard InChI is InChI=1S/C23H30N9O11P/c1-40-3-2-9-12-18(26-6-25-9)31(7-27-12)21-16(36)14(34)11(43-21)5-41-44(38,39)17-15(35)10(4-33)42-22(17)32-8-28-13-19(32)29-23(24)30-20(13)37/h6-8,10-11,14-17,21-22,33-36H,2-5H2,1H3,(H,38,39)(H3,24,29,30,37)/t10-,11-,14-,15-,16-,17-,21-,22-/m1/s1. The quantitative estimate of drug-likeness (QED) is 0.0860. The van der Waals surface area contributed by atoms with Crippen molar-refractivity contribution >= 4 is 35.9 Å². The van der Waals surface area contributed by atoms with Gasteiger partial charge in [-0.2, -0.15) is 4.98 Å². The molecular formula is C23H30N9O11P. The highest BCUT2D eigenvalue weighted by Gasteiger charge is 2.56. The molecule has 21 heteroatoms. The Balaban J connectivity index is 1.23. The molecule has 2 aliphatic rings. The smallest absolute Gasteiger partial charge is 0.338 e. The molecule has 0 radical (unpaired) electrons. The van der Waals surface area contributed by atoms with E-state index in [-0.39, 0.29) is 17.1 Å². The fourth-order valence-corrected chi connectivity index (χ4v) is 7.07. The normalized spacial score (nSPS) is 30.4. The molecule has 0 spiro atoms. The van der Waals surface area contributed by atoms with Crippen molar-refractivity contribution in [3.63, 3.8) is 0 Å². The SMILES string of the molecule is COCCc1ncnc2c1ncn2[C@@H]1O[C@H](COP(=O)(O)[C@@H]2[C@H](O)[C@@H](CO)O[C@H]2n2cnc3c(=O)[nH]c(N)nc32)[C@@H](O)[C@H]1O. The average molecular weight is 640 g/mol. The summed E-state index contributed by atoms with van der Waals surface area (Å²) < 4.78 is 38.2. The molecule has 44 heavy (non-hydrogen) atoms. The molecule has 0 amide bonds. The Labute approximate surface area is 246 Å². The number of aliphatic hydroxyl groups excluding tert-OH is 4. The second-order valence-corrected chi connectivity index (χ2v) is 12.3. The van der Waals surface area contributed by atoms with E-state index < -0.39 is 75.0 Å². The van der Waals surface area contributed by atoms with E-state index in [1.54, 1.807) is 7.11 Å². The number of nitrogens with zero attached hydrogens (tertiary/aromatic N) is 7. The number of nitrogens with two attached hydrogens (primary N) is 1. The van der Waals surface area contributed by atoms with Gasteiger partial charge in [0.25, 0.3) is 5.56 Å². The minimum atomic E-state index is -4.88. The van der Waals surface area contributed by atoms with Crippen LogP contribution in [0.2, 0.25) is 0 Å². The lowest BCUT2D eigenvalue weighted by Crippen LogP contribution is -2.36. The number of imidazole rings is 2. The van der Waals surface area contributed by atoms with Crippen molar-refractivity contribution in [1.82, 2.24) is 39.0 Å². The zero-order valence-corrected chi connectivity index (χ0v) is 23.9. The maximum Gasteiger partial charge on any atom is 0.338 e. The number of rotatable bonds is 10. The summed E-state index contributed by atoms with van der Waals surface area (Å²) in [5.41, 5.74) is 4.39. The van der Waals surface area contributed by atoms with Crippen LogP contribution in [0.3, 0.4) is 0 Å². The number of anilines is 1. The number of nitrogen functional groups attached to an aromatic ring is 1. The van der Waals surface area contributed by atoms with Crippen molar-refractivity contribution in [3.05, 3.63) is 35.0 Å². The maximum absolute atomic E-state index is 13.6. The summed E-state index contributed by atoms with van der Waals surface area (Å²) in [6, 6.07) is 0. The van der Waals surface area contributed by atoms with E-state index in [1.165, 1.54) is 17.2 Å². The molecule has 0 saturated carbocycles. The van der Waals surface area contributed by atoms with Crippen LogP contribution in [0.4, 0.5) is 5.95 Å². The van der Waals surface area contributed by atoms with Crippen molar-refractivity contribution < 1.29 is 48.6 Å². The van der Waals surface area contributed by atoms with Crippen LogP contribution in [-0.2, 0) is 29.7 Å². The fourth-order valence-electron chi connectivity index (χ4n) is 5.42. The molecule has 9 atom stereocenters. The van der Waals surface area contributed by atoms with Gasteiger partial charge >= 0.3 is 7.60 Å². The molecule has 2 fully saturated rings. The summed E-state index contributed by atoms with van der Waals surface area (Å²) in [5, 5.41) is 42.2. The molecule has 0 bridgehead atoms. The van der Waals surface area contributed by atoms with Crippen LogP contribution < -0.4 is 11.3 Å². The first kappa shape index (κ1) is 30.6. The van der Waals surface area contributed by atoms with Crippen LogP contribution in [0.5, 0.6) is 0 Å². The van der Waals surface area contributed by atoms with E-state index >= 15 is 0 Å². The third kappa shape index (κ3) is 5.17. The van der Waals surface area contributed by atoms with Gasteiger partial charge in [-0.15, -0.1) is 0 Å². The van der Waals surface area contributed by atoms with E-state index in [4.69, 9.17) is 24.5 Å². The van der Waals surface area contributed by atoms with Gasteiger partial charge in [0.15, 0.2) is 29.3 Å². The predicted octanol–water partition coefficient (Wildman–Crippen LogP) is -2.83. The van der Waals surface area contributed by atoms with E-state index in [2.05, 4.69) is 29.9 Å². The van der Waals surface area contributed by atoms with E-state index in [0.717, 1.165) is 10.9 Å². The number of nitrogens with one attached hydrogen (secondary N) is 1. The second-order valence-electron chi connectivity index (χ2n) is 10.3. The van der Waals surface area contributed by atoms with Crippen LogP contribution in [0.1, 0.15) is 18.1 Å². The number of ether oxygens (including phenoxy) is 3. The molecule has 20 nitrogen and oxygen atoms in total. The zero-order valence-electron chi connectivity index (χ0n) is 23.0. The first-order valence-electron chi connectivity index (χ1n) is 13.4. The van der Waals surface area contributed by atoms with Gasteiger partial charge in [-0.3, -0.25) is 23.5 Å². The monoisotopic (exact) mass is 639 g/mol. The zero-order chi connectivity index (χ0) is 31.3. The fraction of sp³-hybridized carbons (Fsp3) is 0.565. The molecule has 4 aromatic heterocycles. The number of aromatic nitrogens is 8. The van der Waals surface area contributed by atoms with Crippen LogP contribution in [0.15, 0.2) is 23.8 Å². The Morgan fingerprint density at radius 2 is 1.70 bits per heavy atom. The van der Waals surface area contributed by atoms with Gasteiger partial charge in [0.2, 0.25) is 5.95 Å². The highest BCUT2D eigenvalue weighted by molar-refractivity contribution is 7.53. The summed E-state index contributed by atoms with van der Waals surface area (Å²) in [4.78, 5) is 46.3. The lowest BCUT2D eigenvalue weighted by Gasteiger charge is -2.27. The van der Waals surface area contributed by atoms with Gasteiger partial charge in [0.05, 0.1) is 38.2 Å². The molecule has 8 N–H and O–H groups in total.